The van der Waals surface area contributed by atoms with Gasteiger partial charge < -0.3 is 9.30 Å². The Morgan fingerprint density at radius 3 is 2.95 bits per heavy atom. The predicted octanol–water partition coefficient (Wildman–Crippen LogP) is 1.76. The van der Waals surface area contributed by atoms with Crippen LogP contribution in [0.4, 0.5) is 0 Å². The highest BCUT2D eigenvalue weighted by Crippen LogP contribution is 2.12. The first kappa shape index (κ1) is 15.0. The molecule has 7 nitrogen and oxygen atoms in total. The van der Waals surface area contributed by atoms with Gasteiger partial charge in [-0.15, -0.1) is 5.10 Å². The van der Waals surface area contributed by atoms with Crippen molar-refractivity contribution in [1.29, 1.82) is 0 Å². The molecule has 0 saturated heterocycles. The van der Waals surface area contributed by atoms with E-state index in [2.05, 4.69) is 40.3 Å². The van der Waals surface area contributed by atoms with Crippen molar-refractivity contribution in [2.24, 2.45) is 0 Å². The van der Waals surface area contributed by atoms with E-state index in [1.807, 2.05) is 0 Å². The van der Waals surface area contributed by atoms with Crippen LogP contribution in [-0.2, 0) is 11.3 Å². The average molecular weight is 289 g/mol. The molecule has 2 aromatic rings. The normalized spacial score (nSPS) is 10.9. The third kappa shape index (κ3) is 3.18. The smallest absolute Gasteiger partial charge is 0.361 e. The van der Waals surface area contributed by atoms with Crippen molar-refractivity contribution in [1.82, 2.24) is 24.5 Å². The van der Waals surface area contributed by atoms with Crippen LogP contribution in [-0.4, -0.2) is 37.1 Å². The maximum atomic E-state index is 11.8. The van der Waals surface area contributed by atoms with Gasteiger partial charge in [0.25, 0.3) is 0 Å². The summed E-state index contributed by atoms with van der Waals surface area (Å²) in [5.74, 6) is -0.490. The Morgan fingerprint density at radius 2 is 2.29 bits per heavy atom. The molecule has 0 aliphatic carbocycles. The maximum Gasteiger partial charge on any atom is 0.361 e. The van der Waals surface area contributed by atoms with Gasteiger partial charge in [-0.25, -0.2) is 14.5 Å². The minimum atomic E-state index is -0.490. The van der Waals surface area contributed by atoms with E-state index < -0.39 is 5.97 Å². The molecule has 0 aliphatic rings. The highest BCUT2D eigenvalue weighted by atomic mass is 16.5. The van der Waals surface area contributed by atoms with E-state index in [0.29, 0.717) is 18.3 Å². The molecule has 0 atom stereocenters. The fraction of sp³-hybridized carbons (Fsp3) is 0.429. The number of hydrogen-bond acceptors (Lipinski definition) is 5. The summed E-state index contributed by atoms with van der Waals surface area (Å²) in [6, 6.07) is 0.309. The van der Waals surface area contributed by atoms with Crippen molar-refractivity contribution in [3.05, 3.63) is 42.3 Å². The molecule has 0 fully saturated rings. The molecule has 0 amide bonds. The van der Waals surface area contributed by atoms with Crippen LogP contribution in [0.1, 0.15) is 41.8 Å². The fourth-order valence-corrected chi connectivity index (χ4v) is 1.98. The Labute approximate surface area is 123 Å². The lowest BCUT2D eigenvalue weighted by Gasteiger charge is -2.12. The Morgan fingerprint density at radius 1 is 1.52 bits per heavy atom. The SMILES string of the molecule is C=CCOC(=O)c1nnn(Cc2cncn2C(C)C)c1C. The maximum absolute atomic E-state index is 11.8. The van der Waals surface area contributed by atoms with E-state index in [1.165, 1.54) is 6.08 Å². The predicted molar refractivity (Wildman–Crippen MR) is 77.0 cm³/mol. The van der Waals surface area contributed by atoms with Crippen molar-refractivity contribution in [2.45, 2.75) is 33.4 Å². The number of esters is 1. The monoisotopic (exact) mass is 289 g/mol. The van der Waals surface area contributed by atoms with Crippen LogP contribution >= 0.6 is 0 Å². The zero-order valence-electron chi connectivity index (χ0n) is 12.5. The molecule has 0 bridgehead atoms. The van der Waals surface area contributed by atoms with E-state index >= 15 is 0 Å². The van der Waals surface area contributed by atoms with Gasteiger partial charge in [0, 0.05) is 6.04 Å². The van der Waals surface area contributed by atoms with Crippen LogP contribution in [0.5, 0.6) is 0 Å². The second-order valence-electron chi connectivity index (χ2n) is 4.95. The molecule has 0 spiro atoms. The molecule has 0 aliphatic heterocycles. The third-order valence-corrected chi connectivity index (χ3v) is 3.12. The van der Waals surface area contributed by atoms with E-state index in [0.717, 1.165) is 5.69 Å². The molecule has 2 heterocycles. The van der Waals surface area contributed by atoms with Crippen molar-refractivity contribution >= 4 is 5.97 Å². The first-order valence-electron chi connectivity index (χ1n) is 6.73. The highest BCUT2D eigenvalue weighted by Gasteiger charge is 2.18. The second-order valence-corrected chi connectivity index (χ2v) is 4.95. The second kappa shape index (κ2) is 6.34. The lowest BCUT2D eigenvalue weighted by molar-refractivity contribution is 0.0542. The molecular formula is C14H19N5O2. The number of nitrogens with zero attached hydrogens (tertiary/aromatic N) is 5. The van der Waals surface area contributed by atoms with Crippen LogP contribution in [0.3, 0.4) is 0 Å². The lowest BCUT2D eigenvalue weighted by atomic mass is 10.3. The van der Waals surface area contributed by atoms with Crippen LogP contribution in [0, 0.1) is 6.92 Å². The summed E-state index contributed by atoms with van der Waals surface area (Å²) in [7, 11) is 0. The average Bonchev–Trinajstić information content (AvgIpc) is 3.05. The summed E-state index contributed by atoms with van der Waals surface area (Å²) < 4.78 is 8.70. The van der Waals surface area contributed by atoms with Gasteiger partial charge in [-0.2, -0.15) is 0 Å². The summed E-state index contributed by atoms with van der Waals surface area (Å²) in [5, 5.41) is 7.92. The Bertz CT molecular complexity index is 642. The van der Waals surface area contributed by atoms with Crippen LogP contribution in [0.2, 0.25) is 0 Å². The largest absolute Gasteiger partial charge is 0.457 e. The molecular weight excluding hydrogens is 270 g/mol. The molecule has 7 heteroatoms. The van der Waals surface area contributed by atoms with Gasteiger partial charge >= 0.3 is 5.97 Å². The first-order valence-corrected chi connectivity index (χ1v) is 6.73. The summed E-state index contributed by atoms with van der Waals surface area (Å²) >= 11 is 0. The summed E-state index contributed by atoms with van der Waals surface area (Å²) in [4.78, 5) is 16.0. The van der Waals surface area contributed by atoms with Crippen LogP contribution in [0.25, 0.3) is 0 Å². The molecule has 2 aromatic heterocycles. The van der Waals surface area contributed by atoms with Gasteiger partial charge in [-0.1, -0.05) is 17.9 Å². The van der Waals surface area contributed by atoms with Crippen LogP contribution in [0.15, 0.2) is 25.2 Å². The molecule has 0 unspecified atom stereocenters. The third-order valence-electron chi connectivity index (χ3n) is 3.12. The van der Waals surface area contributed by atoms with E-state index in [9.17, 15) is 4.79 Å². The van der Waals surface area contributed by atoms with E-state index in [-0.39, 0.29) is 12.3 Å². The molecule has 21 heavy (non-hydrogen) atoms. The summed E-state index contributed by atoms with van der Waals surface area (Å²) in [6.07, 6.45) is 5.08. The molecule has 2 rings (SSSR count). The topological polar surface area (TPSA) is 74.8 Å². The van der Waals surface area contributed by atoms with Crippen molar-refractivity contribution < 1.29 is 9.53 Å². The molecule has 0 N–H and O–H groups in total. The Hall–Kier alpha value is -2.44. The van der Waals surface area contributed by atoms with Gasteiger partial charge in [0.15, 0.2) is 5.69 Å². The minimum Gasteiger partial charge on any atom is -0.457 e. The number of carbonyl (C=O) groups is 1. The van der Waals surface area contributed by atoms with Gasteiger partial charge in [0.1, 0.15) is 6.61 Å². The number of aromatic nitrogens is 5. The minimum absolute atomic E-state index is 0.158. The molecule has 0 saturated carbocycles. The van der Waals surface area contributed by atoms with Gasteiger partial charge in [0.2, 0.25) is 0 Å². The zero-order chi connectivity index (χ0) is 15.4. The highest BCUT2D eigenvalue weighted by molar-refractivity contribution is 5.88. The number of rotatable bonds is 6. The van der Waals surface area contributed by atoms with Crippen molar-refractivity contribution in [3.8, 4) is 0 Å². The first-order chi connectivity index (χ1) is 10.0. The summed E-state index contributed by atoms with van der Waals surface area (Å²) in [6.45, 7) is 10.1. The summed E-state index contributed by atoms with van der Waals surface area (Å²) in [5.41, 5.74) is 1.90. The standard InChI is InChI=1S/C14H19N5O2/c1-5-6-21-14(20)13-11(4)19(17-16-13)8-12-7-15-9-18(12)10(2)3/h5,7,9-10H,1,6,8H2,2-4H3. The molecule has 0 radical (unpaired) electrons. The van der Waals surface area contributed by atoms with E-state index in [1.54, 1.807) is 24.1 Å². The number of hydrogen-bond donors (Lipinski definition) is 0. The van der Waals surface area contributed by atoms with Crippen molar-refractivity contribution in [2.75, 3.05) is 6.61 Å². The zero-order valence-corrected chi connectivity index (χ0v) is 12.5. The lowest BCUT2D eigenvalue weighted by Crippen LogP contribution is -2.12. The van der Waals surface area contributed by atoms with Gasteiger partial charge in [-0.05, 0) is 20.8 Å². The molecule has 112 valence electrons. The Balaban J connectivity index is 2.18. The van der Waals surface area contributed by atoms with Gasteiger partial charge in [-0.3, -0.25) is 0 Å². The number of carbonyl (C=O) groups excluding carboxylic acids is 1. The van der Waals surface area contributed by atoms with Gasteiger partial charge in [0.05, 0.1) is 30.5 Å². The van der Waals surface area contributed by atoms with Crippen LogP contribution < -0.4 is 0 Å². The number of imidazole rings is 1. The molecule has 0 aromatic carbocycles. The number of ether oxygens (including phenoxy) is 1. The Kier molecular flexibility index (Phi) is 4.52. The van der Waals surface area contributed by atoms with E-state index in [4.69, 9.17) is 4.74 Å². The fourth-order valence-electron chi connectivity index (χ4n) is 1.98. The van der Waals surface area contributed by atoms with Crippen molar-refractivity contribution in [3.63, 3.8) is 0 Å². The quantitative estimate of drug-likeness (QED) is 0.598.